The van der Waals surface area contributed by atoms with Crippen molar-refractivity contribution in [3.63, 3.8) is 0 Å². The highest BCUT2D eigenvalue weighted by Crippen LogP contribution is 2.15. The van der Waals surface area contributed by atoms with Crippen molar-refractivity contribution in [2.75, 3.05) is 0 Å². The molecule has 0 spiro atoms. The lowest BCUT2D eigenvalue weighted by atomic mass is 10.2. The third-order valence-corrected chi connectivity index (χ3v) is 3.07. The average molecular weight is 305 g/mol. The van der Waals surface area contributed by atoms with Gasteiger partial charge in [0, 0.05) is 4.47 Å². The summed E-state index contributed by atoms with van der Waals surface area (Å²) >= 11 is 3.18. The number of benzene rings is 1. The first kappa shape index (κ1) is 11.2. The Bertz CT molecular complexity index is 722. The number of aromatic amines is 1. The van der Waals surface area contributed by atoms with Crippen molar-refractivity contribution in [1.29, 1.82) is 0 Å². The average Bonchev–Trinajstić information content (AvgIpc) is 2.17. The lowest BCUT2D eigenvalue weighted by molar-refractivity contribution is 0.474. The Morgan fingerprint density at radius 1 is 1.38 bits per heavy atom. The number of H-pyrrole nitrogens is 1. The number of rotatable bonds is 1. The Hall–Kier alpha value is -1.25. The van der Waals surface area contributed by atoms with E-state index in [1.54, 1.807) is 6.07 Å². The van der Waals surface area contributed by atoms with Crippen LogP contribution in [0.3, 0.4) is 0 Å². The molecule has 0 amide bonds. The van der Waals surface area contributed by atoms with Crippen LogP contribution < -0.4 is 5.56 Å². The lowest BCUT2D eigenvalue weighted by Crippen LogP contribution is -2.15. The predicted octanol–water partition coefficient (Wildman–Crippen LogP) is 0.932. The standard InChI is InChI=1S/C8H5BrN2O4S/c9-4-1-2-6-5(3-4)7(12)11-8(10-6)16(13,14)15/h1-3H,(H,10,11,12)(H,13,14,15). The van der Waals surface area contributed by atoms with Gasteiger partial charge in [0.15, 0.2) is 0 Å². The Balaban J connectivity index is 2.90. The van der Waals surface area contributed by atoms with Crippen molar-refractivity contribution >= 4 is 37.0 Å². The van der Waals surface area contributed by atoms with E-state index < -0.39 is 20.8 Å². The summed E-state index contributed by atoms with van der Waals surface area (Å²) in [5.41, 5.74) is -0.432. The van der Waals surface area contributed by atoms with Crippen LogP contribution in [0.15, 0.2) is 32.6 Å². The van der Waals surface area contributed by atoms with E-state index in [1.165, 1.54) is 12.1 Å². The molecule has 0 aliphatic rings. The maximum absolute atomic E-state index is 11.5. The summed E-state index contributed by atoms with van der Waals surface area (Å²) in [7, 11) is -4.51. The van der Waals surface area contributed by atoms with Gasteiger partial charge in [0.2, 0.25) is 0 Å². The van der Waals surface area contributed by atoms with Gasteiger partial charge in [0.1, 0.15) is 0 Å². The minimum absolute atomic E-state index is 0.194. The van der Waals surface area contributed by atoms with Crippen LogP contribution in [0.25, 0.3) is 10.9 Å². The highest BCUT2D eigenvalue weighted by molar-refractivity contribution is 9.10. The molecule has 0 bridgehead atoms. The second-order valence-electron chi connectivity index (χ2n) is 3.01. The van der Waals surface area contributed by atoms with Gasteiger partial charge in [-0.1, -0.05) is 15.9 Å². The normalized spacial score (nSPS) is 11.9. The fourth-order valence-electron chi connectivity index (χ4n) is 1.21. The van der Waals surface area contributed by atoms with Crippen molar-refractivity contribution in [3.8, 4) is 0 Å². The molecule has 6 nitrogen and oxygen atoms in total. The zero-order valence-electron chi connectivity index (χ0n) is 7.64. The predicted molar refractivity (Wildman–Crippen MR) is 59.9 cm³/mol. The highest BCUT2D eigenvalue weighted by atomic mass is 79.9. The van der Waals surface area contributed by atoms with E-state index in [1.807, 2.05) is 4.98 Å². The second-order valence-corrected chi connectivity index (χ2v) is 5.26. The molecule has 0 aliphatic carbocycles. The van der Waals surface area contributed by atoms with Gasteiger partial charge in [-0.3, -0.25) is 14.3 Å². The molecular weight excluding hydrogens is 300 g/mol. The van der Waals surface area contributed by atoms with Crippen LogP contribution >= 0.6 is 15.9 Å². The number of nitrogens with one attached hydrogen (secondary N) is 1. The topological polar surface area (TPSA) is 100 Å². The molecule has 0 unspecified atom stereocenters. The Labute approximate surface area is 98.2 Å². The first-order valence-corrected chi connectivity index (χ1v) is 6.28. The van der Waals surface area contributed by atoms with Crippen LogP contribution in [-0.4, -0.2) is 22.9 Å². The van der Waals surface area contributed by atoms with Gasteiger partial charge in [-0.15, -0.1) is 0 Å². The van der Waals surface area contributed by atoms with Crippen LogP contribution in [0.2, 0.25) is 0 Å². The smallest absolute Gasteiger partial charge is 0.295 e. The molecule has 0 atom stereocenters. The van der Waals surface area contributed by atoms with Crippen molar-refractivity contribution in [2.24, 2.45) is 0 Å². The Morgan fingerprint density at radius 3 is 2.69 bits per heavy atom. The summed E-state index contributed by atoms with van der Waals surface area (Å²) in [6, 6.07) is 4.60. The molecule has 16 heavy (non-hydrogen) atoms. The van der Waals surface area contributed by atoms with Crippen molar-refractivity contribution in [1.82, 2.24) is 9.97 Å². The van der Waals surface area contributed by atoms with Gasteiger partial charge in [-0.2, -0.15) is 8.42 Å². The van der Waals surface area contributed by atoms with Crippen LogP contribution in [-0.2, 0) is 10.1 Å². The van der Waals surface area contributed by atoms with E-state index in [9.17, 15) is 13.2 Å². The zero-order valence-corrected chi connectivity index (χ0v) is 10.0. The second kappa shape index (κ2) is 3.65. The molecule has 0 radical (unpaired) electrons. The molecule has 1 heterocycles. The number of nitrogens with zero attached hydrogens (tertiary/aromatic N) is 1. The van der Waals surface area contributed by atoms with Crippen molar-refractivity contribution in [2.45, 2.75) is 5.16 Å². The van der Waals surface area contributed by atoms with Crippen molar-refractivity contribution in [3.05, 3.63) is 33.0 Å². The van der Waals surface area contributed by atoms with E-state index in [0.29, 0.717) is 4.47 Å². The molecule has 1 aromatic heterocycles. The fraction of sp³-hybridized carbons (Fsp3) is 0. The van der Waals surface area contributed by atoms with E-state index in [2.05, 4.69) is 20.9 Å². The van der Waals surface area contributed by atoms with Gasteiger partial charge < -0.3 is 0 Å². The number of hydrogen-bond donors (Lipinski definition) is 2. The number of halogens is 1. The Kier molecular flexibility index (Phi) is 2.56. The summed E-state index contributed by atoms with van der Waals surface area (Å²) in [5.74, 6) is 0. The number of fused-ring (bicyclic) bond motifs is 1. The van der Waals surface area contributed by atoms with E-state index in [-0.39, 0.29) is 10.9 Å². The van der Waals surface area contributed by atoms with Gasteiger partial charge in [-0.25, -0.2) is 4.98 Å². The van der Waals surface area contributed by atoms with Gasteiger partial charge >= 0.3 is 10.1 Å². The highest BCUT2D eigenvalue weighted by Gasteiger charge is 2.14. The number of aromatic nitrogens is 2. The van der Waals surface area contributed by atoms with Crippen LogP contribution in [0.1, 0.15) is 0 Å². The molecule has 8 heteroatoms. The quantitative estimate of drug-likeness (QED) is 0.603. The summed E-state index contributed by atoms with van der Waals surface area (Å²) in [5, 5.41) is -0.519. The van der Waals surface area contributed by atoms with Crippen LogP contribution in [0.5, 0.6) is 0 Å². The molecule has 2 rings (SSSR count). The van der Waals surface area contributed by atoms with E-state index in [4.69, 9.17) is 4.55 Å². The molecule has 0 saturated heterocycles. The number of hydrogen-bond acceptors (Lipinski definition) is 4. The molecule has 0 saturated carbocycles. The minimum atomic E-state index is -4.51. The van der Waals surface area contributed by atoms with Crippen LogP contribution in [0.4, 0.5) is 0 Å². The summed E-state index contributed by atoms with van der Waals surface area (Å²) in [6.07, 6.45) is 0. The molecule has 84 valence electrons. The first-order chi connectivity index (χ1) is 7.38. The van der Waals surface area contributed by atoms with Gasteiger partial charge in [-0.05, 0) is 18.2 Å². The molecule has 0 aliphatic heterocycles. The minimum Gasteiger partial charge on any atom is -0.295 e. The third kappa shape index (κ3) is 1.99. The monoisotopic (exact) mass is 304 g/mol. The Morgan fingerprint density at radius 2 is 2.06 bits per heavy atom. The lowest BCUT2D eigenvalue weighted by Gasteiger charge is -2.00. The summed E-state index contributed by atoms with van der Waals surface area (Å²) in [6.45, 7) is 0. The molecule has 2 N–H and O–H groups in total. The first-order valence-electron chi connectivity index (χ1n) is 4.05. The van der Waals surface area contributed by atoms with Crippen molar-refractivity contribution < 1.29 is 13.0 Å². The zero-order chi connectivity index (χ0) is 11.9. The van der Waals surface area contributed by atoms with Gasteiger partial charge in [0.25, 0.3) is 10.7 Å². The molecular formula is C8H5BrN2O4S. The molecule has 0 fully saturated rings. The maximum atomic E-state index is 11.5. The third-order valence-electron chi connectivity index (χ3n) is 1.89. The fourth-order valence-corrected chi connectivity index (χ4v) is 2.01. The SMILES string of the molecule is O=c1[nH]c(S(=O)(=O)O)nc2ccc(Br)cc12. The summed E-state index contributed by atoms with van der Waals surface area (Å²) in [4.78, 5) is 17.1. The van der Waals surface area contributed by atoms with Gasteiger partial charge in [0.05, 0.1) is 10.9 Å². The maximum Gasteiger partial charge on any atom is 0.328 e. The summed E-state index contributed by atoms with van der Waals surface area (Å²) < 4.78 is 31.0. The van der Waals surface area contributed by atoms with Crippen LogP contribution in [0, 0.1) is 0 Å². The van der Waals surface area contributed by atoms with E-state index in [0.717, 1.165) is 0 Å². The molecule has 2 aromatic rings. The molecule has 1 aromatic carbocycles. The largest absolute Gasteiger partial charge is 0.328 e. The van der Waals surface area contributed by atoms with E-state index >= 15 is 0 Å².